The summed E-state index contributed by atoms with van der Waals surface area (Å²) in [6.45, 7) is 0.973. The summed E-state index contributed by atoms with van der Waals surface area (Å²) in [4.78, 5) is 18.0. The highest BCUT2D eigenvalue weighted by Crippen LogP contribution is 2.39. The van der Waals surface area contributed by atoms with Crippen LogP contribution in [-0.4, -0.2) is 23.5 Å². The molecule has 0 radical (unpaired) electrons. The first-order valence-electron chi connectivity index (χ1n) is 7.00. The van der Waals surface area contributed by atoms with E-state index in [9.17, 15) is 4.79 Å². The van der Waals surface area contributed by atoms with Crippen LogP contribution in [0, 0.1) is 5.92 Å². The van der Waals surface area contributed by atoms with Gasteiger partial charge >= 0.3 is 0 Å². The monoisotopic (exact) mass is 260 g/mol. The van der Waals surface area contributed by atoms with Crippen LogP contribution < -0.4 is 16.4 Å². The zero-order chi connectivity index (χ0) is 13.4. The van der Waals surface area contributed by atoms with Crippen LogP contribution in [0.25, 0.3) is 0 Å². The van der Waals surface area contributed by atoms with Gasteiger partial charge < -0.3 is 16.4 Å². The molecule has 2 unspecified atom stereocenters. The third-order valence-electron chi connectivity index (χ3n) is 4.42. The van der Waals surface area contributed by atoms with Crippen molar-refractivity contribution in [2.45, 2.75) is 38.1 Å². The molecule has 1 aromatic heterocycles. The number of nitrogens with zero attached hydrogens (tertiary/aromatic N) is 2. The van der Waals surface area contributed by atoms with Crippen molar-refractivity contribution in [3.63, 3.8) is 0 Å². The van der Waals surface area contributed by atoms with Crippen molar-refractivity contribution < 1.29 is 4.79 Å². The van der Waals surface area contributed by atoms with E-state index in [4.69, 9.17) is 11.5 Å². The van der Waals surface area contributed by atoms with Gasteiger partial charge in [0.1, 0.15) is 5.69 Å². The van der Waals surface area contributed by atoms with Gasteiger partial charge in [-0.2, -0.15) is 0 Å². The number of rotatable bonds is 2. The second-order valence-corrected chi connectivity index (χ2v) is 5.57. The summed E-state index contributed by atoms with van der Waals surface area (Å²) in [6, 6.07) is 3.87. The average molecular weight is 260 g/mol. The topological polar surface area (TPSA) is 85.2 Å². The normalized spacial score (nSPS) is 26.2. The number of fused-ring (bicyclic) bond motifs is 1. The number of pyridine rings is 1. The van der Waals surface area contributed by atoms with E-state index in [0.29, 0.717) is 17.4 Å². The minimum absolute atomic E-state index is 0.296. The molecule has 5 nitrogen and oxygen atoms in total. The SMILES string of the molecule is NC(=O)c1ccc(N)c(N2CCCC3CCCC32)n1. The van der Waals surface area contributed by atoms with Crippen molar-refractivity contribution in [3.8, 4) is 0 Å². The molecule has 0 aromatic carbocycles. The molecule has 1 saturated heterocycles. The number of hydrogen-bond donors (Lipinski definition) is 2. The van der Waals surface area contributed by atoms with Crippen LogP contribution in [0.5, 0.6) is 0 Å². The summed E-state index contributed by atoms with van der Waals surface area (Å²) in [5.41, 5.74) is 12.3. The van der Waals surface area contributed by atoms with Crippen LogP contribution in [-0.2, 0) is 0 Å². The van der Waals surface area contributed by atoms with Crippen molar-refractivity contribution in [2.75, 3.05) is 17.2 Å². The first-order valence-corrected chi connectivity index (χ1v) is 7.00. The van der Waals surface area contributed by atoms with Crippen molar-refractivity contribution in [1.29, 1.82) is 0 Å². The number of hydrogen-bond acceptors (Lipinski definition) is 4. The van der Waals surface area contributed by atoms with E-state index in [2.05, 4.69) is 9.88 Å². The van der Waals surface area contributed by atoms with E-state index in [1.807, 2.05) is 0 Å². The predicted molar refractivity (Wildman–Crippen MR) is 74.9 cm³/mol. The Morgan fingerprint density at radius 2 is 2.05 bits per heavy atom. The molecule has 2 fully saturated rings. The average Bonchev–Trinajstić information content (AvgIpc) is 2.87. The molecular formula is C14H20N4O. The number of carbonyl (C=O) groups excluding carboxylic acids is 1. The number of primary amides is 1. The lowest BCUT2D eigenvalue weighted by atomic mass is 9.92. The summed E-state index contributed by atoms with van der Waals surface area (Å²) >= 11 is 0. The van der Waals surface area contributed by atoms with Gasteiger partial charge in [0.05, 0.1) is 5.69 Å². The quantitative estimate of drug-likeness (QED) is 0.844. The fourth-order valence-corrected chi connectivity index (χ4v) is 3.54. The summed E-state index contributed by atoms with van der Waals surface area (Å²) in [5.74, 6) is 1.00. The minimum atomic E-state index is -0.499. The van der Waals surface area contributed by atoms with Gasteiger partial charge in [0.2, 0.25) is 0 Å². The molecule has 1 aliphatic carbocycles. The predicted octanol–water partition coefficient (Wildman–Crippen LogP) is 1.53. The third kappa shape index (κ3) is 2.13. The summed E-state index contributed by atoms with van der Waals surface area (Å²) < 4.78 is 0. The van der Waals surface area contributed by atoms with E-state index < -0.39 is 5.91 Å². The molecule has 5 heteroatoms. The molecule has 1 amide bonds. The number of anilines is 2. The van der Waals surface area contributed by atoms with E-state index in [-0.39, 0.29) is 0 Å². The third-order valence-corrected chi connectivity index (χ3v) is 4.42. The Kier molecular flexibility index (Phi) is 3.05. The van der Waals surface area contributed by atoms with Crippen LogP contribution in [0.1, 0.15) is 42.6 Å². The summed E-state index contributed by atoms with van der Waals surface area (Å²) in [7, 11) is 0. The van der Waals surface area contributed by atoms with Gasteiger partial charge in [0, 0.05) is 12.6 Å². The fourth-order valence-electron chi connectivity index (χ4n) is 3.54. The molecule has 102 valence electrons. The van der Waals surface area contributed by atoms with E-state index in [1.54, 1.807) is 12.1 Å². The van der Waals surface area contributed by atoms with Crippen molar-refractivity contribution in [1.82, 2.24) is 4.98 Å². The zero-order valence-electron chi connectivity index (χ0n) is 11.0. The van der Waals surface area contributed by atoms with E-state index in [1.165, 1.54) is 32.1 Å². The molecule has 1 aromatic rings. The second kappa shape index (κ2) is 4.72. The molecule has 2 atom stereocenters. The lowest BCUT2D eigenvalue weighted by molar-refractivity contribution is 0.0995. The van der Waals surface area contributed by atoms with Gasteiger partial charge in [0.25, 0.3) is 5.91 Å². The Balaban J connectivity index is 1.96. The molecule has 2 aliphatic rings. The number of piperidine rings is 1. The molecule has 0 spiro atoms. The summed E-state index contributed by atoms with van der Waals surface area (Å²) in [6.07, 6.45) is 6.25. The number of aromatic nitrogens is 1. The molecule has 4 N–H and O–H groups in total. The standard InChI is InChI=1S/C14H20N4O/c15-10-6-7-11(13(16)19)17-14(10)18-8-2-4-9-3-1-5-12(9)18/h6-7,9,12H,1-5,8,15H2,(H2,16,19). The van der Waals surface area contributed by atoms with Gasteiger partial charge in [-0.25, -0.2) is 4.98 Å². The highest BCUT2D eigenvalue weighted by atomic mass is 16.1. The Hall–Kier alpha value is -1.78. The first-order chi connectivity index (χ1) is 9.16. The Morgan fingerprint density at radius 3 is 2.84 bits per heavy atom. The first kappa shape index (κ1) is 12.3. The van der Waals surface area contributed by atoms with Crippen molar-refractivity contribution >= 4 is 17.4 Å². The maximum atomic E-state index is 11.3. The lowest BCUT2D eigenvalue weighted by Crippen LogP contribution is -2.43. The van der Waals surface area contributed by atoms with E-state index >= 15 is 0 Å². The molecule has 3 rings (SSSR count). The second-order valence-electron chi connectivity index (χ2n) is 5.57. The lowest BCUT2D eigenvalue weighted by Gasteiger charge is -2.39. The van der Waals surface area contributed by atoms with Crippen LogP contribution in [0.15, 0.2) is 12.1 Å². The van der Waals surface area contributed by atoms with Crippen LogP contribution >= 0.6 is 0 Å². The molecule has 0 bridgehead atoms. The molecule has 2 heterocycles. The highest BCUT2D eigenvalue weighted by Gasteiger charge is 2.36. The van der Waals surface area contributed by atoms with Crippen LogP contribution in [0.4, 0.5) is 11.5 Å². The maximum absolute atomic E-state index is 11.3. The van der Waals surface area contributed by atoms with Crippen LogP contribution in [0.3, 0.4) is 0 Å². The van der Waals surface area contributed by atoms with Gasteiger partial charge in [0.15, 0.2) is 5.82 Å². The van der Waals surface area contributed by atoms with Gasteiger partial charge in [-0.1, -0.05) is 6.42 Å². The minimum Gasteiger partial charge on any atom is -0.396 e. The van der Waals surface area contributed by atoms with Crippen molar-refractivity contribution in [3.05, 3.63) is 17.8 Å². The van der Waals surface area contributed by atoms with Crippen molar-refractivity contribution in [2.24, 2.45) is 11.7 Å². The Labute approximate surface area is 113 Å². The molecule has 1 saturated carbocycles. The summed E-state index contributed by atoms with van der Waals surface area (Å²) in [5, 5.41) is 0. The Morgan fingerprint density at radius 1 is 1.26 bits per heavy atom. The fraction of sp³-hybridized carbons (Fsp3) is 0.571. The number of nitrogens with two attached hydrogens (primary N) is 2. The molecular weight excluding hydrogens is 240 g/mol. The zero-order valence-corrected chi connectivity index (χ0v) is 11.0. The number of carbonyl (C=O) groups is 1. The highest BCUT2D eigenvalue weighted by molar-refractivity contribution is 5.92. The number of nitrogen functional groups attached to an aromatic ring is 1. The maximum Gasteiger partial charge on any atom is 0.267 e. The Bertz CT molecular complexity index is 502. The van der Waals surface area contributed by atoms with E-state index in [0.717, 1.165) is 18.3 Å². The van der Waals surface area contributed by atoms with Crippen LogP contribution in [0.2, 0.25) is 0 Å². The smallest absolute Gasteiger partial charge is 0.267 e. The molecule has 1 aliphatic heterocycles. The van der Waals surface area contributed by atoms with Gasteiger partial charge in [-0.3, -0.25) is 4.79 Å². The van der Waals surface area contributed by atoms with Gasteiger partial charge in [-0.05, 0) is 43.7 Å². The molecule has 19 heavy (non-hydrogen) atoms. The largest absolute Gasteiger partial charge is 0.396 e. The number of amides is 1. The van der Waals surface area contributed by atoms with Gasteiger partial charge in [-0.15, -0.1) is 0 Å².